The van der Waals surface area contributed by atoms with Gasteiger partial charge >= 0.3 is 5.97 Å². The topological polar surface area (TPSA) is 114 Å². The molecule has 136 valence electrons. The van der Waals surface area contributed by atoms with Crippen molar-refractivity contribution in [2.75, 3.05) is 44.5 Å². The Kier molecular flexibility index (Phi) is 6.28. The zero-order valence-electron chi connectivity index (χ0n) is 14.0. The molecule has 0 saturated carbocycles. The normalized spacial score (nSPS) is 11.2. The lowest BCUT2D eigenvalue weighted by Crippen LogP contribution is -2.29. The van der Waals surface area contributed by atoms with Crippen LogP contribution >= 0.6 is 11.3 Å². The number of sulfonamides is 1. The number of hydrogen-bond donors (Lipinski definition) is 2. The SMILES string of the molecule is COC(=O)c1sccc1S(=O)(=O)NCCNc1cc(N(C)C)cnn1. The van der Waals surface area contributed by atoms with Gasteiger partial charge in [-0.05, 0) is 11.4 Å². The van der Waals surface area contributed by atoms with Gasteiger partial charge in [-0.1, -0.05) is 0 Å². The van der Waals surface area contributed by atoms with Crippen LogP contribution in [0.15, 0.2) is 28.6 Å². The lowest BCUT2D eigenvalue weighted by atomic mass is 10.4. The molecule has 2 heterocycles. The third-order valence-corrected chi connectivity index (χ3v) is 5.70. The standard InChI is InChI=1S/C14H19N5O4S2/c1-19(2)10-8-12(18-16-9-10)15-5-6-17-25(21,22)11-4-7-24-13(11)14(20)23-3/h4,7-9,17H,5-6H2,1-3H3,(H,15,18). The smallest absolute Gasteiger partial charge is 0.349 e. The van der Waals surface area contributed by atoms with Gasteiger partial charge in [-0.2, -0.15) is 5.10 Å². The Morgan fingerprint density at radius 1 is 1.36 bits per heavy atom. The van der Waals surface area contributed by atoms with Crippen molar-refractivity contribution in [3.63, 3.8) is 0 Å². The predicted octanol–water partition coefficient (Wildman–Crippen LogP) is 0.781. The summed E-state index contributed by atoms with van der Waals surface area (Å²) in [5.41, 5.74) is 0.874. The first-order valence-electron chi connectivity index (χ1n) is 7.24. The summed E-state index contributed by atoms with van der Waals surface area (Å²) in [6.07, 6.45) is 1.62. The number of anilines is 2. The third-order valence-electron chi connectivity index (χ3n) is 3.17. The largest absolute Gasteiger partial charge is 0.465 e. The van der Waals surface area contributed by atoms with E-state index in [1.807, 2.05) is 19.0 Å². The van der Waals surface area contributed by atoms with E-state index in [0.29, 0.717) is 12.4 Å². The molecule has 0 radical (unpaired) electrons. The molecule has 0 atom stereocenters. The molecule has 0 aliphatic carbocycles. The average molecular weight is 385 g/mol. The number of hydrogen-bond acceptors (Lipinski definition) is 9. The predicted molar refractivity (Wildman–Crippen MR) is 95.7 cm³/mol. The van der Waals surface area contributed by atoms with Gasteiger partial charge in [0.05, 0.1) is 19.0 Å². The molecule has 0 unspecified atom stereocenters. The van der Waals surface area contributed by atoms with Crippen molar-refractivity contribution in [2.45, 2.75) is 4.90 Å². The summed E-state index contributed by atoms with van der Waals surface area (Å²) in [6.45, 7) is 0.426. The number of nitrogens with one attached hydrogen (secondary N) is 2. The van der Waals surface area contributed by atoms with Gasteiger partial charge in [-0.15, -0.1) is 16.4 Å². The summed E-state index contributed by atoms with van der Waals surface area (Å²) < 4.78 is 31.7. The van der Waals surface area contributed by atoms with Crippen molar-refractivity contribution in [1.29, 1.82) is 0 Å². The molecular weight excluding hydrogens is 366 g/mol. The van der Waals surface area contributed by atoms with Crippen molar-refractivity contribution >= 4 is 38.8 Å². The maximum atomic E-state index is 12.3. The quantitative estimate of drug-likeness (QED) is 0.506. The van der Waals surface area contributed by atoms with Gasteiger partial charge in [0.2, 0.25) is 10.0 Å². The molecule has 0 aliphatic rings. The number of carbonyl (C=O) groups is 1. The molecule has 2 aromatic heterocycles. The minimum Gasteiger partial charge on any atom is -0.465 e. The molecule has 25 heavy (non-hydrogen) atoms. The first-order chi connectivity index (χ1) is 11.8. The molecule has 0 aliphatic heterocycles. The summed E-state index contributed by atoms with van der Waals surface area (Å²) in [5.74, 6) is -0.138. The number of rotatable bonds is 8. The molecule has 11 heteroatoms. The summed E-state index contributed by atoms with van der Waals surface area (Å²) in [7, 11) is 1.17. The van der Waals surface area contributed by atoms with E-state index in [-0.39, 0.29) is 16.3 Å². The first-order valence-corrected chi connectivity index (χ1v) is 9.61. The van der Waals surface area contributed by atoms with Crippen molar-refractivity contribution in [3.8, 4) is 0 Å². The fraction of sp³-hybridized carbons (Fsp3) is 0.357. The van der Waals surface area contributed by atoms with Crippen molar-refractivity contribution in [2.24, 2.45) is 0 Å². The Bertz CT molecular complexity index is 835. The lowest BCUT2D eigenvalue weighted by Gasteiger charge is -2.13. The van der Waals surface area contributed by atoms with Gasteiger partial charge < -0.3 is 15.0 Å². The summed E-state index contributed by atoms with van der Waals surface area (Å²) in [5, 5.41) is 12.3. The Morgan fingerprint density at radius 2 is 2.12 bits per heavy atom. The summed E-state index contributed by atoms with van der Waals surface area (Å²) in [4.78, 5) is 13.5. The summed E-state index contributed by atoms with van der Waals surface area (Å²) >= 11 is 1.02. The van der Waals surface area contributed by atoms with Crippen LogP contribution < -0.4 is 14.9 Å². The minimum absolute atomic E-state index is 0.0486. The number of esters is 1. The van der Waals surface area contributed by atoms with Crippen LogP contribution in [0.1, 0.15) is 9.67 Å². The van der Waals surface area contributed by atoms with Crippen LogP contribution in [0.4, 0.5) is 11.5 Å². The van der Waals surface area contributed by atoms with Gasteiger partial charge in [0.25, 0.3) is 0 Å². The second-order valence-electron chi connectivity index (χ2n) is 5.12. The van der Waals surface area contributed by atoms with E-state index >= 15 is 0 Å². The van der Waals surface area contributed by atoms with E-state index in [1.54, 1.807) is 12.3 Å². The Labute approximate surface area is 150 Å². The van der Waals surface area contributed by atoms with Crippen molar-refractivity contribution in [1.82, 2.24) is 14.9 Å². The Balaban J connectivity index is 1.94. The van der Waals surface area contributed by atoms with Crippen LogP contribution in [0.5, 0.6) is 0 Å². The molecule has 0 spiro atoms. The number of ether oxygens (including phenoxy) is 1. The zero-order chi connectivity index (χ0) is 18.4. The van der Waals surface area contributed by atoms with Gasteiger partial charge in [-0.3, -0.25) is 0 Å². The highest BCUT2D eigenvalue weighted by Gasteiger charge is 2.24. The number of nitrogens with zero attached hydrogens (tertiary/aromatic N) is 3. The van der Waals surface area contributed by atoms with E-state index in [0.717, 1.165) is 17.0 Å². The van der Waals surface area contributed by atoms with E-state index in [1.165, 1.54) is 18.6 Å². The number of carbonyl (C=O) groups excluding carboxylic acids is 1. The van der Waals surface area contributed by atoms with Crippen LogP contribution in [0, 0.1) is 0 Å². The van der Waals surface area contributed by atoms with Crippen molar-refractivity contribution in [3.05, 3.63) is 28.6 Å². The van der Waals surface area contributed by atoms with Crippen LogP contribution in [0.25, 0.3) is 0 Å². The van der Waals surface area contributed by atoms with Gasteiger partial charge in [0.15, 0.2) is 5.82 Å². The second kappa shape index (κ2) is 8.23. The molecule has 0 saturated heterocycles. The zero-order valence-corrected chi connectivity index (χ0v) is 15.6. The van der Waals surface area contributed by atoms with E-state index in [2.05, 4.69) is 25.0 Å². The summed E-state index contributed by atoms with van der Waals surface area (Å²) in [6, 6.07) is 3.18. The van der Waals surface area contributed by atoms with E-state index < -0.39 is 16.0 Å². The van der Waals surface area contributed by atoms with E-state index in [4.69, 9.17) is 0 Å². The molecule has 2 rings (SSSR count). The van der Waals surface area contributed by atoms with Crippen LogP contribution in [-0.2, 0) is 14.8 Å². The highest BCUT2D eigenvalue weighted by Crippen LogP contribution is 2.22. The molecule has 0 bridgehead atoms. The van der Waals surface area contributed by atoms with Crippen LogP contribution in [0.3, 0.4) is 0 Å². The number of aromatic nitrogens is 2. The highest BCUT2D eigenvalue weighted by atomic mass is 32.2. The van der Waals surface area contributed by atoms with Crippen LogP contribution in [-0.4, -0.2) is 58.9 Å². The molecular formula is C14H19N5O4S2. The second-order valence-corrected chi connectivity index (χ2v) is 7.78. The van der Waals surface area contributed by atoms with Crippen molar-refractivity contribution < 1.29 is 17.9 Å². The van der Waals surface area contributed by atoms with E-state index in [9.17, 15) is 13.2 Å². The minimum atomic E-state index is -3.80. The van der Waals surface area contributed by atoms with Crippen LogP contribution in [0.2, 0.25) is 0 Å². The molecule has 2 aromatic rings. The van der Waals surface area contributed by atoms with Gasteiger partial charge in [-0.25, -0.2) is 17.9 Å². The first kappa shape index (κ1) is 19.1. The van der Waals surface area contributed by atoms with Gasteiger partial charge in [0, 0.05) is 33.3 Å². The number of methoxy groups -OCH3 is 1. The fourth-order valence-corrected chi connectivity index (χ4v) is 4.26. The Hall–Kier alpha value is -2.24. The Morgan fingerprint density at radius 3 is 2.80 bits per heavy atom. The molecule has 2 N–H and O–H groups in total. The highest BCUT2D eigenvalue weighted by molar-refractivity contribution is 7.89. The third kappa shape index (κ3) is 4.87. The molecule has 0 aromatic carbocycles. The van der Waals surface area contributed by atoms with Gasteiger partial charge in [0.1, 0.15) is 9.77 Å². The maximum absolute atomic E-state index is 12.3. The maximum Gasteiger partial charge on any atom is 0.349 e. The molecule has 9 nitrogen and oxygen atoms in total. The molecule has 0 amide bonds. The fourth-order valence-electron chi connectivity index (χ4n) is 1.89. The number of thiophene rings is 1. The monoisotopic (exact) mass is 385 g/mol. The lowest BCUT2D eigenvalue weighted by molar-refractivity contribution is 0.0602. The molecule has 0 fully saturated rings. The average Bonchev–Trinajstić information content (AvgIpc) is 3.09.